The fourth-order valence-corrected chi connectivity index (χ4v) is 4.63. The summed E-state index contributed by atoms with van der Waals surface area (Å²) in [5.74, 6) is -1.70. The van der Waals surface area contributed by atoms with Crippen molar-refractivity contribution >= 4 is 25.2 Å². The number of rotatable bonds is 8. The second kappa shape index (κ2) is 7.79. The van der Waals surface area contributed by atoms with Crippen LogP contribution in [0.1, 0.15) is 47.0 Å². The summed E-state index contributed by atoms with van der Waals surface area (Å²) in [4.78, 5) is 11.5. The molecule has 1 unspecified atom stereocenters. The molecule has 1 fully saturated rings. The van der Waals surface area contributed by atoms with Gasteiger partial charge in [0.15, 0.2) is 0 Å². The fraction of sp³-hybridized carbons (Fsp3) is 0.923. The van der Waals surface area contributed by atoms with Crippen LogP contribution in [0.2, 0.25) is 0 Å². The first kappa shape index (κ1) is 18.0. The maximum absolute atomic E-state index is 13.1. The SMILES string of the molecule is CC(C)OP(=O)(OC(C)C)C(OC(=O)CCl)C1CCC1. The minimum absolute atomic E-state index is 0.0190. The van der Waals surface area contributed by atoms with Gasteiger partial charge >= 0.3 is 13.6 Å². The third-order valence-corrected chi connectivity index (χ3v) is 5.74. The lowest BCUT2D eigenvalue weighted by atomic mass is 9.86. The molecule has 1 aliphatic rings. The van der Waals surface area contributed by atoms with Crippen LogP contribution >= 0.6 is 19.2 Å². The highest BCUT2D eigenvalue weighted by atomic mass is 35.5. The average molecular weight is 327 g/mol. The number of alkyl halides is 1. The Labute approximate surface area is 125 Å². The second-order valence-corrected chi connectivity index (χ2v) is 7.83. The van der Waals surface area contributed by atoms with Crippen LogP contribution in [0.25, 0.3) is 0 Å². The molecule has 0 aliphatic heterocycles. The number of hydrogen-bond donors (Lipinski definition) is 0. The molecule has 1 saturated carbocycles. The third-order valence-electron chi connectivity index (χ3n) is 2.94. The number of esters is 1. The van der Waals surface area contributed by atoms with Crippen molar-refractivity contribution in [2.45, 2.75) is 65.0 Å². The molecule has 0 heterocycles. The highest BCUT2D eigenvalue weighted by Gasteiger charge is 2.47. The van der Waals surface area contributed by atoms with E-state index < -0.39 is 19.4 Å². The van der Waals surface area contributed by atoms with Crippen LogP contribution < -0.4 is 0 Å². The molecule has 5 nitrogen and oxygen atoms in total. The van der Waals surface area contributed by atoms with Crippen molar-refractivity contribution < 1.29 is 23.1 Å². The van der Waals surface area contributed by atoms with E-state index in [1.165, 1.54) is 0 Å². The van der Waals surface area contributed by atoms with Gasteiger partial charge in [-0.3, -0.25) is 9.36 Å². The molecule has 1 atom stereocenters. The molecule has 0 saturated heterocycles. The van der Waals surface area contributed by atoms with Gasteiger partial charge in [0, 0.05) is 5.92 Å². The molecule has 1 rings (SSSR count). The van der Waals surface area contributed by atoms with Crippen molar-refractivity contribution in [3.8, 4) is 0 Å². The molecule has 1 aliphatic carbocycles. The molecule has 0 spiro atoms. The van der Waals surface area contributed by atoms with E-state index in [1.54, 1.807) is 27.7 Å². The topological polar surface area (TPSA) is 61.8 Å². The number of carbonyl (C=O) groups excluding carboxylic acids is 1. The van der Waals surface area contributed by atoms with Gasteiger partial charge in [-0.05, 0) is 40.5 Å². The summed E-state index contributed by atoms with van der Waals surface area (Å²) in [5.41, 5.74) is 0. The van der Waals surface area contributed by atoms with Crippen molar-refractivity contribution in [2.75, 3.05) is 5.88 Å². The predicted octanol–water partition coefficient (Wildman–Crippen LogP) is 3.94. The van der Waals surface area contributed by atoms with Crippen molar-refractivity contribution in [1.29, 1.82) is 0 Å². The summed E-state index contributed by atoms with van der Waals surface area (Å²) < 4.78 is 29.4. The van der Waals surface area contributed by atoms with E-state index in [0.29, 0.717) is 0 Å². The Kier molecular flexibility index (Phi) is 6.99. The Morgan fingerprint density at radius 1 is 1.20 bits per heavy atom. The van der Waals surface area contributed by atoms with E-state index in [4.69, 9.17) is 25.4 Å². The summed E-state index contributed by atoms with van der Waals surface area (Å²) >= 11 is 5.48. The Bertz CT molecular complexity index is 354. The maximum Gasteiger partial charge on any atom is 0.371 e. The molecular formula is C13H24ClO5P. The Balaban J connectivity index is 2.95. The van der Waals surface area contributed by atoms with Crippen molar-refractivity contribution in [2.24, 2.45) is 5.92 Å². The average Bonchev–Trinajstić information content (AvgIpc) is 2.23. The number of ether oxygens (including phenoxy) is 1. The van der Waals surface area contributed by atoms with Gasteiger partial charge in [-0.15, -0.1) is 11.6 Å². The monoisotopic (exact) mass is 326 g/mol. The smallest absolute Gasteiger partial charge is 0.371 e. The Hall–Kier alpha value is -0.0900. The molecule has 20 heavy (non-hydrogen) atoms. The standard InChI is InChI=1S/C13H24ClO5P/c1-9(2)18-20(16,19-10(3)4)13(11-6-5-7-11)17-12(15)8-14/h9-11,13H,5-8H2,1-4H3. The van der Waals surface area contributed by atoms with Gasteiger partial charge in [0.05, 0.1) is 12.2 Å². The van der Waals surface area contributed by atoms with Crippen LogP contribution in [-0.2, 0) is 23.1 Å². The van der Waals surface area contributed by atoms with Crippen LogP contribution in [0.4, 0.5) is 0 Å². The zero-order valence-corrected chi connectivity index (χ0v) is 14.2. The summed E-state index contributed by atoms with van der Waals surface area (Å²) in [6.07, 6.45) is 2.18. The summed E-state index contributed by atoms with van der Waals surface area (Å²) in [6.45, 7) is 7.10. The first-order valence-electron chi connectivity index (χ1n) is 7.00. The van der Waals surface area contributed by atoms with E-state index in [9.17, 15) is 9.36 Å². The summed E-state index contributed by atoms with van der Waals surface area (Å²) in [6, 6.07) is 0. The molecule has 0 aromatic rings. The first-order valence-corrected chi connectivity index (χ1v) is 9.15. The van der Waals surface area contributed by atoms with Gasteiger partial charge in [-0.1, -0.05) is 6.42 Å². The van der Waals surface area contributed by atoms with Crippen LogP contribution in [-0.4, -0.2) is 29.9 Å². The quantitative estimate of drug-likeness (QED) is 0.384. The Morgan fingerprint density at radius 2 is 1.70 bits per heavy atom. The highest BCUT2D eigenvalue weighted by Crippen LogP contribution is 2.60. The van der Waals surface area contributed by atoms with Crippen LogP contribution in [0.5, 0.6) is 0 Å². The minimum Gasteiger partial charge on any atom is -0.448 e. The van der Waals surface area contributed by atoms with Gasteiger partial charge in [-0.2, -0.15) is 0 Å². The largest absolute Gasteiger partial charge is 0.448 e. The van der Waals surface area contributed by atoms with E-state index in [0.717, 1.165) is 19.3 Å². The lowest BCUT2D eigenvalue weighted by molar-refractivity contribution is -0.147. The molecule has 118 valence electrons. The number of halogens is 1. The first-order chi connectivity index (χ1) is 9.28. The van der Waals surface area contributed by atoms with Gasteiger partial charge in [0.2, 0.25) is 5.85 Å². The molecule has 0 aromatic heterocycles. The molecular weight excluding hydrogens is 303 g/mol. The van der Waals surface area contributed by atoms with Crippen LogP contribution in [0.15, 0.2) is 0 Å². The molecule has 0 aromatic carbocycles. The van der Waals surface area contributed by atoms with Crippen molar-refractivity contribution in [3.63, 3.8) is 0 Å². The zero-order chi connectivity index (χ0) is 15.3. The van der Waals surface area contributed by atoms with Crippen molar-refractivity contribution in [3.05, 3.63) is 0 Å². The van der Waals surface area contributed by atoms with Crippen LogP contribution in [0, 0.1) is 5.92 Å². The molecule has 0 amide bonds. The van der Waals surface area contributed by atoms with Gasteiger partial charge < -0.3 is 13.8 Å². The predicted molar refractivity (Wildman–Crippen MR) is 78.0 cm³/mol. The fourth-order valence-electron chi connectivity index (χ4n) is 2.04. The summed E-state index contributed by atoms with van der Waals surface area (Å²) in [7, 11) is -3.53. The van der Waals surface area contributed by atoms with E-state index in [-0.39, 0.29) is 24.0 Å². The Morgan fingerprint density at radius 3 is 2.00 bits per heavy atom. The number of carbonyl (C=O) groups is 1. The van der Waals surface area contributed by atoms with E-state index in [2.05, 4.69) is 0 Å². The molecule has 0 N–H and O–H groups in total. The number of hydrogen-bond acceptors (Lipinski definition) is 5. The van der Waals surface area contributed by atoms with Crippen molar-refractivity contribution in [1.82, 2.24) is 0 Å². The van der Waals surface area contributed by atoms with Gasteiger partial charge in [-0.25, -0.2) is 0 Å². The lowest BCUT2D eigenvalue weighted by Gasteiger charge is -2.37. The zero-order valence-electron chi connectivity index (χ0n) is 12.5. The lowest BCUT2D eigenvalue weighted by Crippen LogP contribution is -2.34. The molecule has 0 bridgehead atoms. The molecule has 7 heteroatoms. The maximum atomic E-state index is 13.1. The highest BCUT2D eigenvalue weighted by molar-refractivity contribution is 7.54. The normalized spacial score (nSPS) is 18.1. The van der Waals surface area contributed by atoms with Gasteiger partial charge in [0.1, 0.15) is 5.88 Å². The molecule has 0 radical (unpaired) electrons. The third kappa shape index (κ3) is 5.03. The second-order valence-electron chi connectivity index (χ2n) is 5.55. The van der Waals surface area contributed by atoms with E-state index >= 15 is 0 Å². The van der Waals surface area contributed by atoms with Crippen LogP contribution in [0.3, 0.4) is 0 Å². The van der Waals surface area contributed by atoms with Gasteiger partial charge in [0.25, 0.3) is 0 Å². The minimum atomic E-state index is -3.53. The van der Waals surface area contributed by atoms with E-state index in [1.807, 2.05) is 0 Å². The summed E-state index contributed by atoms with van der Waals surface area (Å²) in [5, 5.41) is 0.